The Morgan fingerprint density at radius 3 is 2.91 bits per heavy atom. The molecule has 1 atom stereocenters. The summed E-state index contributed by atoms with van der Waals surface area (Å²) in [7, 11) is 1.82. The van der Waals surface area contributed by atoms with Crippen molar-refractivity contribution in [3.63, 3.8) is 0 Å². The number of furan rings is 1. The Bertz CT molecular complexity index is 808. The Hall–Kier alpha value is -2.55. The lowest BCUT2D eigenvalue weighted by Crippen LogP contribution is -2.22. The van der Waals surface area contributed by atoms with E-state index in [4.69, 9.17) is 8.94 Å². The van der Waals surface area contributed by atoms with Gasteiger partial charge in [0, 0.05) is 13.1 Å². The van der Waals surface area contributed by atoms with Gasteiger partial charge in [-0.25, -0.2) is 0 Å². The van der Waals surface area contributed by atoms with Crippen LogP contribution in [-0.4, -0.2) is 31.1 Å². The number of carbonyl (C=O) groups is 1. The number of aryl methyl sites for hydroxylation is 1. The number of anilines is 1. The third-order valence-electron chi connectivity index (χ3n) is 3.10. The van der Waals surface area contributed by atoms with Gasteiger partial charge >= 0.3 is 0 Å². The fraction of sp³-hybridized carbons (Fsp3) is 0.286. The molecule has 0 fully saturated rings. The van der Waals surface area contributed by atoms with Crippen LogP contribution in [0.2, 0.25) is 0 Å². The molecule has 9 heteroatoms. The van der Waals surface area contributed by atoms with E-state index in [1.54, 1.807) is 42.9 Å². The largest absolute Gasteiger partial charge is 0.461 e. The van der Waals surface area contributed by atoms with Crippen molar-refractivity contribution in [1.82, 2.24) is 19.9 Å². The molecule has 0 saturated carbocycles. The number of hydrogen-bond donors (Lipinski definition) is 1. The molecule has 3 aromatic heterocycles. The first-order valence-corrected chi connectivity index (χ1v) is 7.76. The minimum absolute atomic E-state index is 0.200. The van der Waals surface area contributed by atoms with Gasteiger partial charge in [-0.3, -0.25) is 10.1 Å². The van der Waals surface area contributed by atoms with Crippen molar-refractivity contribution < 1.29 is 13.7 Å². The van der Waals surface area contributed by atoms with Crippen molar-refractivity contribution in [3.05, 3.63) is 30.2 Å². The summed E-state index contributed by atoms with van der Waals surface area (Å²) >= 11 is 1.30. The maximum Gasteiger partial charge on any atom is 0.240 e. The first kappa shape index (κ1) is 15.3. The molecule has 0 aliphatic heterocycles. The third kappa shape index (κ3) is 3.29. The van der Waals surface area contributed by atoms with E-state index in [0.29, 0.717) is 28.3 Å². The van der Waals surface area contributed by atoms with Gasteiger partial charge in [0.25, 0.3) is 0 Å². The van der Waals surface area contributed by atoms with Gasteiger partial charge in [-0.1, -0.05) is 16.9 Å². The van der Waals surface area contributed by atoms with E-state index in [2.05, 4.69) is 20.7 Å². The summed E-state index contributed by atoms with van der Waals surface area (Å²) in [5.74, 6) is 1.36. The van der Waals surface area contributed by atoms with Crippen molar-refractivity contribution in [3.8, 4) is 11.6 Å². The maximum absolute atomic E-state index is 12.2. The lowest BCUT2D eigenvalue weighted by Gasteiger charge is -2.09. The minimum Gasteiger partial charge on any atom is -0.461 e. The van der Waals surface area contributed by atoms with Crippen LogP contribution in [0.15, 0.2) is 38.6 Å². The van der Waals surface area contributed by atoms with Gasteiger partial charge in [0.15, 0.2) is 16.7 Å². The minimum atomic E-state index is -0.382. The van der Waals surface area contributed by atoms with Crippen molar-refractivity contribution >= 4 is 23.6 Å². The van der Waals surface area contributed by atoms with Gasteiger partial charge in [-0.2, -0.15) is 0 Å². The normalized spacial score (nSPS) is 12.3. The van der Waals surface area contributed by atoms with Crippen LogP contribution >= 0.6 is 11.8 Å². The van der Waals surface area contributed by atoms with Crippen molar-refractivity contribution in [2.24, 2.45) is 7.05 Å². The molecule has 0 aromatic carbocycles. The monoisotopic (exact) mass is 333 g/mol. The average Bonchev–Trinajstić information content (AvgIpc) is 3.23. The molecule has 0 spiro atoms. The van der Waals surface area contributed by atoms with Crippen LogP contribution in [0.4, 0.5) is 5.88 Å². The Morgan fingerprint density at radius 2 is 2.26 bits per heavy atom. The third-order valence-corrected chi connectivity index (χ3v) is 4.24. The second kappa shape index (κ2) is 6.29. The Balaban J connectivity index is 1.68. The quantitative estimate of drug-likeness (QED) is 0.716. The fourth-order valence-corrected chi connectivity index (χ4v) is 2.71. The first-order chi connectivity index (χ1) is 11.0. The highest BCUT2D eigenvalue weighted by atomic mass is 32.2. The highest BCUT2D eigenvalue weighted by Crippen LogP contribution is 2.26. The van der Waals surface area contributed by atoms with Crippen LogP contribution < -0.4 is 5.32 Å². The van der Waals surface area contributed by atoms with Crippen LogP contribution in [0.25, 0.3) is 11.6 Å². The smallest absolute Gasteiger partial charge is 0.240 e. The molecule has 120 valence electrons. The van der Waals surface area contributed by atoms with Gasteiger partial charge in [-0.15, -0.1) is 10.2 Å². The van der Waals surface area contributed by atoms with Gasteiger partial charge in [0.2, 0.25) is 11.8 Å². The predicted molar refractivity (Wildman–Crippen MR) is 83.9 cm³/mol. The SMILES string of the molecule is Cc1cc(NC(=O)C(C)Sc2nnc(-c3ccco3)n2C)on1. The van der Waals surface area contributed by atoms with E-state index in [1.807, 2.05) is 7.05 Å². The average molecular weight is 333 g/mol. The second-order valence-corrected chi connectivity index (χ2v) is 6.23. The number of hydrogen-bond acceptors (Lipinski definition) is 7. The van der Waals surface area contributed by atoms with Crippen LogP contribution in [0.3, 0.4) is 0 Å². The summed E-state index contributed by atoms with van der Waals surface area (Å²) in [5, 5.41) is 14.8. The molecule has 0 radical (unpaired) electrons. The maximum atomic E-state index is 12.2. The Kier molecular flexibility index (Phi) is 4.20. The Morgan fingerprint density at radius 1 is 1.43 bits per heavy atom. The molecular weight excluding hydrogens is 318 g/mol. The zero-order valence-corrected chi connectivity index (χ0v) is 13.6. The molecule has 1 unspecified atom stereocenters. The molecule has 1 amide bonds. The summed E-state index contributed by atoms with van der Waals surface area (Å²) in [6.07, 6.45) is 1.58. The van der Waals surface area contributed by atoms with Crippen molar-refractivity contribution in [2.75, 3.05) is 5.32 Å². The fourth-order valence-electron chi connectivity index (χ4n) is 1.90. The van der Waals surface area contributed by atoms with E-state index in [0.717, 1.165) is 0 Å². The van der Waals surface area contributed by atoms with Crippen LogP contribution in [-0.2, 0) is 11.8 Å². The Labute approximate surface area is 136 Å². The molecule has 8 nitrogen and oxygen atoms in total. The first-order valence-electron chi connectivity index (χ1n) is 6.88. The van der Waals surface area contributed by atoms with Gasteiger partial charge in [0.05, 0.1) is 17.2 Å². The van der Waals surface area contributed by atoms with Gasteiger partial charge in [-0.05, 0) is 26.0 Å². The number of amides is 1. The summed E-state index contributed by atoms with van der Waals surface area (Å²) in [5.41, 5.74) is 0.706. The molecule has 0 aliphatic carbocycles. The molecule has 0 bridgehead atoms. The van der Waals surface area contributed by atoms with Crippen LogP contribution in [0.1, 0.15) is 12.6 Å². The molecule has 0 aliphatic rings. The molecule has 1 N–H and O–H groups in total. The molecule has 3 aromatic rings. The second-order valence-electron chi connectivity index (χ2n) is 4.92. The molecule has 23 heavy (non-hydrogen) atoms. The number of nitrogens with one attached hydrogen (secondary N) is 1. The standard InChI is InChI=1S/C14H15N5O3S/c1-8-7-11(22-18-8)15-13(20)9(2)23-14-17-16-12(19(14)3)10-5-4-6-21-10/h4-7,9H,1-3H3,(H,15,20). The van der Waals surface area contributed by atoms with Gasteiger partial charge in [0.1, 0.15) is 0 Å². The zero-order chi connectivity index (χ0) is 16.4. The topological polar surface area (TPSA) is 99.0 Å². The lowest BCUT2D eigenvalue weighted by molar-refractivity contribution is -0.115. The summed E-state index contributed by atoms with van der Waals surface area (Å²) < 4.78 is 12.1. The molecule has 3 heterocycles. The zero-order valence-electron chi connectivity index (χ0n) is 12.8. The summed E-state index contributed by atoms with van der Waals surface area (Å²) in [4.78, 5) is 12.2. The van der Waals surface area contributed by atoms with E-state index < -0.39 is 0 Å². The molecular formula is C14H15N5O3S. The van der Waals surface area contributed by atoms with Crippen molar-refractivity contribution in [1.29, 1.82) is 0 Å². The highest BCUT2D eigenvalue weighted by Gasteiger charge is 2.21. The molecule has 3 rings (SSSR count). The predicted octanol–water partition coefficient (Wildman–Crippen LogP) is 2.49. The highest BCUT2D eigenvalue weighted by molar-refractivity contribution is 8.00. The van der Waals surface area contributed by atoms with Crippen molar-refractivity contribution in [2.45, 2.75) is 24.3 Å². The summed E-state index contributed by atoms with van der Waals surface area (Å²) in [6.45, 7) is 3.57. The van der Waals surface area contributed by atoms with Crippen LogP contribution in [0, 0.1) is 6.92 Å². The number of aromatic nitrogens is 4. The number of carbonyl (C=O) groups excluding carboxylic acids is 1. The molecule has 0 saturated heterocycles. The van der Waals surface area contributed by atoms with Gasteiger partial charge < -0.3 is 13.5 Å². The summed E-state index contributed by atoms with van der Waals surface area (Å²) in [6, 6.07) is 5.25. The lowest BCUT2D eigenvalue weighted by atomic mass is 10.4. The number of thioether (sulfide) groups is 1. The van der Waals surface area contributed by atoms with E-state index in [9.17, 15) is 4.79 Å². The van der Waals surface area contributed by atoms with Crippen LogP contribution in [0.5, 0.6) is 0 Å². The number of nitrogens with zero attached hydrogens (tertiary/aromatic N) is 4. The number of rotatable bonds is 5. The van der Waals surface area contributed by atoms with E-state index in [-0.39, 0.29) is 11.2 Å². The van der Waals surface area contributed by atoms with E-state index >= 15 is 0 Å². The van der Waals surface area contributed by atoms with E-state index in [1.165, 1.54) is 11.8 Å².